The predicted octanol–water partition coefficient (Wildman–Crippen LogP) is 2.05. The van der Waals surface area contributed by atoms with Crippen molar-refractivity contribution < 1.29 is 13.6 Å². The second-order valence-corrected chi connectivity index (χ2v) is 4.61. The number of rotatable bonds is 2. The van der Waals surface area contributed by atoms with Crippen LogP contribution < -0.4 is 10.6 Å². The summed E-state index contributed by atoms with van der Waals surface area (Å²) in [4.78, 5) is 15.9. The van der Waals surface area contributed by atoms with Crippen molar-refractivity contribution in [2.45, 2.75) is 25.3 Å². The lowest BCUT2D eigenvalue weighted by Crippen LogP contribution is -2.37. The normalized spacial score (nSPS) is 20.1. The van der Waals surface area contributed by atoms with E-state index in [0.717, 1.165) is 19.3 Å². The molecule has 0 aliphatic carbocycles. The second-order valence-electron chi connectivity index (χ2n) is 4.61. The van der Waals surface area contributed by atoms with Crippen LogP contribution in [0.3, 0.4) is 0 Å². The number of benzene rings is 1. The Morgan fingerprint density at radius 1 is 1.42 bits per heavy atom. The van der Waals surface area contributed by atoms with Gasteiger partial charge in [0.2, 0.25) is 5.91 Å². The molecule has 5 nitrogen and oxygen atoms in total. The van der Waals surface area contributed by atoms with E-state index in [4.69, 9.17) is 4.42 Å². The molecule has 0 spiro atoms. The topological polar surface area (TPSA) is 67.2 Å². The van der Waals surface area contributed by atoms with Crippen LogP contribution in [-0.2, 0) is 4.79 Å². The summed E-state index contributed by atoms with van der Waals surface area (Å²) in [5.74, 6) is -0.412. The average Bonchev–Trinajstić information content (AvgIpc) is 2.66. The number of carbonyl (C=O) groups is 1. The molecule has 1 amide bonds. The summed E-state index contributed by atoms with van der Waals surface area (Å²) in [5.41, 5.74) is 0.939. The Labute approximate surface area is 109 Å². The number of oxazole rings is 1. The van der Waals surface area contributed by atoms with Gasteiger partial charge in [-0.3, -0.25) is 4.79 Å². The number of nitrogens with one attached hydrogen (secondary N) is 2. The molecule has 3 rings (SSSR count). The van der Waals surface area contributed by atoms with Gasteiger partial charge in [0.25, 0.3) is 6.01 Å². The summed E-state index contributed by atoms with van der Waals surface area (Å²) in [7, 11) is 0. The van der Waals surface area contributed by atoms with E-state index in [1.807, 2.05) is 0 Å². The largest absolute Gasteiger partial charge is 0.424 e. The highest BCUT2D eigenvalue weighted by Crippen LogP contribution is 2.21. The zero-order chi connectivity index (χ0) is 13.2. The summed E-state index contributed by atoms with van der Waals surface area (Å²) < 4.78 is 18.5. The number of aromatic nitrogens is 1. The van der Waals surface area contributed by atoms with Gasteiger partial charge in [-0.05, 0) is 31.4 Å². The first-order valence-corrected chi connectivity index (χ1v) is 6.33. The minimum absolute atomic E-state index is 0.0501. The SMILES string of the molecule is O=C1NCCCCC1Nc1nc2cc(F)ccc2o1. The van der Waals surface area contributed by atoms with Crippen LogP contribution >= 0.6 is 0 Å². The number of carbonyl (C=O) groups excluding carboxylic acids is 1. The van der Waals surface area contributed by atoms with Crippen molar-refractivity contribution in [1.82, 2.24) is 10.3 Å². The molecule has 1 atom stereocenters. The Kier molecular flexibility index (Phi) is 3.06. The van der Waals surface area contributed by atoms with Crippen LogP contribution in [0.5, 0.6) is 0 Å². The van der Waals surface area contributed by atoms with Gasteiger partial charge in [0.15, 0.2) is 5.58 Å². The number of fused-ring (bicyclic) bond motifs is 1. The summed E-state index contributed by atoms with van der Waals surface area (Å²) in [6, 6.07) is 4.05. The molecule has 1 unspecified atom stereocenters. The maximum absolute atomic E-state index is 13.1. The van der Waals surface area contributed by atoms with Crippen LogP contribution in [-0.4, -0.2) is 23.5 Å². The lowest BCUT2D eigenvalue weighted by molar-refractivity contribution is -0.121. The van der Waals surface area contributed by atoms with Gasteiger partial charge in [-0.1, -0.05) is 0 Å². The quantitative estimate of drug-likeness (QED) is 0.870. The van der Waals surface area contributed by atoms with Crippen LogP contribution in [0.25, 0.3) is 11.1 Å². The van der Waals surface area contributed by atoms with Crippen LogP contribution in [0.1, 0.15) is 19.3 Å². The maximum atomic E-state index is 13.1. The standard InChI is InChI=1S/C13H14FN3O2/c14-8-4-5-11-10(7-8)17-13(19-11)16-9-3-1-2-6-15-12(9)18/h4-5,7,9H,1-3,6H2,(H,15,18)(H,16,17). The molecular weight excluding hydrogens is 249 g/mol. The summed E-state index contributed by atoms with van der Waals surface area (Å²) in [6.07, 6.45) is 2.67. The highest BCUT2D eigenvalue weighted by Gasteiger charge is 2.22. The van der Waals surface area contributed by atoms with Crippen LogP contribution in [0.15, 0.2) is 22.6 Å². The van der Waals surface area contributed by atoms with Gasteiger partial charge in [-0.25, -0.2) is 4.39 Å². The van der Waals surface area contributed by atoms with E-state index in [1.165, 1.54) is 18.2 Å². The lowest BCUT2D eigenvalue weighted by Gasteiger charge is -2.12. The number of anilines is 1. The molecule has 0 radical (unpaired) electrons. The maximum Gasteiger partial charge on any atom is 0.296 e. The summed E-state index contributed by atoms with van der Waals surface area (Å²) in [5, 5.41) is 5.79. The Morgan fingerprint density at radius 2 is 2.32 bits per heavy atom. The smallest absolute Gasteiger partial charge is 0.296 e. The first-order valence-electron chi connectivity index (χ1n) is 6.33. The van der Waals surface area contributed by atoms with Crippen LogP contribution in [0.2, 0.25) is 0 Å². The van der Waals surface area contributed by atoms with Gasteiger partial charge in [0, 0.05) is 12.6 Å². The molecule has 2 aromatic rings. The monoisotopic (exact) mass is 263 g/mol. The first-order chi connectivity index (χ1) is 9.22. The van der Waals surface area contributed by atoms with Gasteiger partial charge in [-0.2, -0.15) is 4.98 Å². The van der Waals surface area contributed by atoms with Crippen molar-refractivity contribution in [1.29, 1.82) is 0 Å². The predicted molar refractivity (Wildman–Crippen MR) is 68.2 cm³/mol. The second kappa shape index (κ2) is 4.87. The molecule has 1 saturated heterocycles. The molecule has 1 fully saturated rings. The Hall–Kier alpha value is -2.11. The van der Waals surface area contributed by atoms with Gasteiger partial charge in [-0.15, -0.1) is 0 Å². The van der Waals surface area contributed by atoms with E-state index in [0.29, 0.717) is 17.6 Å². The van der Waals surface area contributed by atoms with E-state index >= 15 is 0 Å². The number of amides is 1. The van der Waals surface area contributed by atoms with Crippen molar-refractivity contribution in [3.05, 3.63) is 24.0 Å². The van der Waals surface area contributed by atoms with E-state index in [1.54, 1.807) is 0 Å². The average molecular weight is 263 g/mol. The van der Waals surface area contributed by atoms with E-state index in [9.17, 15) is 9.18 Å². The first kappa shape index (κ1) is 12.0. The molecule has 0 saturated carbocycles. The molecule has 6 heteroatoms. The molecular formula is C13H14FN3O2. The fourth-order valence-corrected chi connectivity index (χ4v) is 2.19. The van der Waals surface area contributed by atoms with Gasteiger partial charge in [0.05, 0.1) is 0 Å². The third-order valence-corrected chi connectivity index (χ3v) is 3.18. The number of hydrogen-bond donors (Lipinski definition) is 2. The van der Waals surface area contributed by atoms with Crippen LogP contribution in [0, 0.1) is 5.82 Å². The van der Waals surface area contributed by atoms with Crippen molar-refractivity contribution in [3.63, 3.8) is 0 Å². The minimum atomic E-state index is -0.362. The van der Waals surface area contributed by atoms with Crippen molar-refractivity contribution in [2.75, 3.05) is 11.9 Å². The third-order valence-electron chi connectivity index (χ3n) is 3.18. The lowest BCUT2D eigenvalue weighted by atomic mass is 10.1. The molecule has 2 N–H and O–H groups in total. The summed E-state index contributed by atoms with van der Waals surface area (Å²) in [6.45, 7) is 0.704. The number of hydrogen-bond acceptors (Lipinski definition) is 4. The third kappa shape index (κ3) is 2.52. The molecule has 100 valence electrons. The molecule has 1 aromatic carbocycles. The molecule has 1 aliphatic heterocycles. The number of halogens is 1. The van der Waals surface area contributed by atoms with Crippen molar-refractivity contribution >= 4 is 23.0 Å². The van der Waals surface area contributed by atoms with E-state index < -0.39 is 0 Å². The van der Waals surface area contributed by atoms with E-state index in [2.05, 4.69) is 15.6 Å². The zero-order valence-electron chi connectivity index (χ0n) is 10.3. The summed E-state index contributed by atoms with van der Waals surface area (Å²) >= 11 is 0. The van der Waals surface area contributed by atoms with Crippen LogP contribution in [0.4, 0.5) is 10.4 Å². The zero-order valence-corrected chi connectivity index (χ0v) is 10.3. The fourth-order valence-electron chi connectivity index (χ4n) is 2.19. The van der Waals surface area contributed by atoms with Gasteiger partial charge < -0.3 is 15.1 Å². The highest BCUT2D eigenvalue weighted by molar-refractivity contribution is 5.84. The Bertz CT molecular complexity index is 611. The molecule has 2 heterocycles. The Balaban J connectivity index is 1.82. The minimum Gasteiger partial charge on any atom is -0.424 e. The molecule has 19 heavy (non-hydrogen) atoms. The van der Waals surface area contributed by atoms with Gasteiger partial charge >= 0.3 is 0 Å². The Morgan fingerprint density at radius 3 is 3.21 bits per heavy atom. The molecule has 1 aromatic heterocycles. The van der Waals surface area contributed by atoms with E-state index in [-0.39, 0.29) is 23.8 Å². The fraction of sp³-hybridized carbons (Fsp3) is 0.385. The van der Waals surface area contributed by atoms with Gasteiger partial charge in [0.1, 0.15) is 17.4 Å². The molecule has 0 bridgehead atoms. The van der Waals surface area contributed by atoms with Crippen molar-refractivity contribution in [3.8, 4) is 0 Å². The molecule has 1 aliphatic rings. The van der Waals surface area contributed by atoms with Crippen molar-refractivity contribution in [2.24, 2.45) is 0 Å². The number of nitrogens with zero attached hydrogens (tertiary/aromatic N) is 1. The highest BCUT2D eigenvalue weighted by atomic mass is 19.1.